The number of carbonyl (C=O) groups excluding carboxylic acids is 1. The number of benzene rings is 1. The first-order chi connectivity index (χ1) is 7.91. The Hall–Kier alpha value is -1.82. The summed E-state index contributed by atoms with van der Waals surface area (Å²) in [5.74, 6) is -0.484. The molecule has 0 bridgehead atoms. The summed E-state index contributed by atoms with van der Waals surface area (Å²) in [6.45, 7) is 0. The Labute approximate surface area is 98.3 Å². The molecule has 0 aliphatic heterocycles. The van der Waals surface area contributed by atoms with E-state index >= 15 is 0 Å². The fraction of sp³-hybridized carbons (Fsp3) is 0.182. The van der Waals surface area contributed by atoms with Gasteiger partial charge in [0, 0.05) is 17.2 Å². The van der Waals surface area contributed by atoms with Crippen molar-refractivity contribution in [1.29, 1.82) is 0 Å². The zero-order valence-corrected chi connectivity index (χ0v) is 10.2. The van der Waals surface area contributed by atoms with E-state index in [1.54, 1.807) is 12.1 Å². The largest absolute Gasteiger partial charge is 0.464 e. The summed E-state index contributed by atoms with van der Waals surface area (Å²) in [6, 6.07) is 6.27. The molecule has 90 valence electrons. The second kappa shape index (κ2) is 3.89. The van der Waals surface area contributed by atoms with Crippen molar-refractivity contribution >= 4 is 26.7 Å². The molecule has 0 aliphatic rings. The second-order valence-electron chi connectivity index (χ2n) is 3.70. The van der Waals surface area contributed by atoms with E-state index in [0.29, 0.717) is 11.2 Å². The third kappa shape index (κ3) is 2.16. The predicted molar refractivity (Wildman–Crippen MR) is 62.7 cm³/mol. The van der Waals surface area contributed by atoms with E-state index in [9.17, 15) is 13.2 Å². The highest BCUT2D eigenvalue weighted by Gasteiger charge is 2.12. The molecule has 2 aromatic rings. The number of fused-ring (bicyclic) bond motifs is 1. The molecule has 0 amide bonds. The maximum absolute atomic E-state index is 11.4. The molecule has 0 fully saturated rings. The Kier molecular flexibility index (Phi) is 2.66. The van der Waals surface area contributed by atoms with Gasteiger partial charge >= 0.3 is 5.97 Å². The second-order valence-corrected chi connectivity index (χ2v) is 5.71. The van der Waals surface area contributed by atoms with Crippen molar-refractivity contribution in [3.8, 4) is 0 Å². The van der Waals surface area contributed by atoms with E-state index in [1.807, 2.05) is 0 Å². The summed E-state index contributed by atoms with van der Waals surface area (Å²) in [4.78, 5) is 14.3. The summed E-state index contributed by atoms with van der Waals surface area (Å²) in [5.41, 5.74) is 0.890. The third-order valence-electron chi connectivity index (χ3n) is 2.43. The van der Waals surface area contributed by atoms with E-state index in [2.05, 4.69) is 9.72 Å². The maximum Gasteiger partial charge on any atom is 0.354 e. The van der Waals surface area contributed by atoms with Crippen molar-refractivity contribution in [3.63, 3.8) is 0 Å². The first kappa shape index (κ1) is 11.7. The van der Waals surface area contributed by atoms with Crippen LogP contribution in [0.15, 0.2) is 29.2 Å². The number of esters is 1. The van der Waals surface area contributed by atoms with Gasteiger partial charge in [-0.05, 0) is 18.2 Å². The molecule has 0 radical (unpaired) electrons. The number of ether oxygens (including phenoxy) is 1. The molecule has 0 aliphatic carbocycles. The Morgan fingerprint density at radius 1 is 1.29 bits per heavy atom. The van der Waals surface area contributed by atoms with E-state index in [4.69, 9.17) is 0 Å². The van der Waals surface area contributed by atoms with E-state index in [-0.39, 0.29) is 4.90 Å². The van der Waals surface area contributed by atoms with Crippen LogP contribution in [0.2, 0.25) is 0 Å². The standard InChI is InChI=1S/C11H11NO4S/c1-16-11(13)10-5-7-3-4-8(17(2,14)15)6-9(7)12-10/h3-6,12H,1-2H3. The highest BCUT2D eigenvalue weighted by Crippen LogP contribution is 2.20. The lowest BCUT2D eigenvalue weighted by molar-refractivity contribution is 0.0595. The van der Waals surface area contributed by atoms with Crippen molar-refractivity contribution in [1.82, 2.24) is 4.98 Å². The molecule has 0 saturated heterocycles. The quantitative estimate of drug-likeness (QED) is 0.820. The van der Waals surface area contributed by atoms with Crippen molar-refractivity contribution in [3.05, 3.63) is 30.0 Å². The van der Waals surface area contributed by atoms with Gasteiger partial charge in [0.05, 0.1) is 12.0 Å². The van der Waals surface area contributed by atoms with Gasteiger partial charge in [-0.1, -0.05) is 6.07 Å². The number of hydrogen-bond acceptors (Lipinski definition) is 4. The number of hydrogen-bond donors (Lipinski definition) is 1. The summed E-state index contributed by atoms with van der Waals surface area (Å²) in [7, 11) is -1.96. The van der Waals surface area contributed by atoms with Crippen LogP contribution >= 0.6 is 0 Å². The van der Waals surface area contributed by atoms with Crippen LogP contribution in [0.5, 0.6) is 0 Å². The Morgan fingerprint density at radius 2 is 2.00 bits per heavy atom. The van der Waals surface area contributed by atoms with Crippen LogP contribution < -0.4 is 0 Å². The molecule has 2 rings (SSSR count). The van der Waals surface area contributed by atoms with Crippen LogP contribution in [0.3, 0.4) is 0 Å². The van der Waals surface area contributed by atoms with Crippen LogP contribution in [0.25, 0.3) is 10.9 Å². The number of nitrogens with one attached hydrogen (secondary N) is 1. The summed E-state index contributed by atoms with van der Waals surface area (Å²) in [5, 5.41) is 0.762. The smallest absolute Gasteiger partial charge is 0.354 e. The molecule has 0 saturated carbocycles. The van der Waals surface area contributed by atoms with E-state index < -0.39 is 15.8 Å². The maximum atomic E-state index is 11.4. The predicted octanol–water partition coefficient (Wildman–Crippen LogP) is 1.36. The fourth-order valence-electron chi connectivity index (χ4n) is 1.56. The minimum absolute atomic E-state index is 0.211. The molecule has 17 heavy (non-hydrogen) atoms. The average molecular weight is 253 g/mol. The van der Waals surface area contributed by atoms with Gasteiger partial charge in [0.1, 0.15) is 5.69 Å². The van der Waals surface area contributed by atoms with Crippen LogP contribution in [0.4, 0.5) is 0 Å². The van der Waals surface area contributed by atoms with Gasteiger partial charge in [0.25, 0.3) is 0 Å². The molecule has 1 aromatic carbocycles. The van der Waals surface area contributed by atoms with Gasteiger partial charge in [0.15, 0.2) is 9.84 Å². The number of aromatic nitrogens is 1. The molecule has 6 heteroatoms. The van der Waals surface area contributed by atoms with E-state index in [1.165, 1.54) is 19.2 Å². The molecule has 0 spiro atoms. The molecule has 1 N–H and O–H groups in total. The number of methoxy groups -OCH3 is 1. The zero-order chi connectivity index (χ0) is 12.6. The van der Waals surface area contributed by atoms with Crippen LogP contribution in [0.1, 0.15) is 10.5 Å². The number of rotatable bonds is 2. The first-order valence-electron chi connectivity index (χ1n) is 4.83. The average Bonchev–Trinajstić information content (AvgIpc) is 2.69. The molecular weight excluding hydrogens is 242 g/mol. The summed E-state index contributed by atoms with van der Waals surface area (Å²) >= 11 is 0. The zero-order valence-electron chi connectivity index (χ0n) is 9.35. The van der Waals surface area contributed by atoms with Crippen molar-refractivity contribution < 1.29 is 17.9 Å². The topological polar surface area (TPSA) is 76.2 Å². The minimum atomic E-state index is -3.25. The van der Waals surface area contributed by atoms with E-state index in [0.717, 1.165) is 11.6 Å². The lowest BCUT2D eigenvalue weighted by atomic mass is 10.2. The van der Waals surface area contributed by atoms with Gasteiger partial charge in [-0.3, -0.25) is 0 Å². The number of sulfone groups is 1. The van der Waals surface area contributed by atoms with Crippen molar-refractivity contribution in [2.75, 3.05) is 13.4 Å². The molecule has 0 atom stereocenters. The Bertz CT molecular complexity index is 685. The molecule has 1 heterocycles. The molecule has 1 aromatic heterocycles. The van der Waals surface area contributed by atoms with Crippen LogP contribution in [0, 0.1) is 0 Å². The highest BCUT2D eigenvalue weighted by atomic mass is 32.2. The molecule has 5 nitrogen and oxygen atoms in total. The Morgan fingerprint density at radius 3 is 2.59 bits per heavy atom. The highest BCUT2D eigenvalue weighted by molar-refractivity contribution is 7.90. The number of aromatic amines is 1. The van der Waals surface area contributed by atoms with Crippen LogP contribution in [-0.2, 0) is 14.6 Å². The normalized spacial score (nSPS) is 11.6. The summed E-state index contributed by atoms with van der Waals surface area (Å²) < 4.78 is 27.3. The molecule has 0 unspecified atom stereocenters. The monoisotopic (exact) mass is 253 g/mol. The fourth-order valence-corrected chi connectivity index (χ4v) is 2.20. The van der Waals surface area contributed by atoms with Gasteiger partial charge in [-0.2, -0.15) is 0 Å². The van der Waals surface area contributed by atoms with Gasteiger partial charge < -0.3 is 9.72 Å². The van der Waals surface area contributed by atoms with Gasteiger partial charge in [-0.15, -0.1) is 0 Å². The van der Waals surface area contributed by atoms with Crippen molar-refractivity contribution in [2.24, 2.45) is 0 Å². The van der Waals surface area contributed by atoms with Crippen LogP contribution in [-0.4, -0.2) is 32.7 Å². The minimum Gasteiger partial charge on any atom is -0.464 e. The number of carbonyl (C=O) groups is 1. The first-order valence-corrected chi connectivity index (χ1v) is 6.72. The molecular formula is C11H11NO4S. The summed E-state index contributed by atoms with van der Waals surface area (Å²) in [6.07, 6.45) is 1.14. The van der Waals surface area contributed by atoms with Gasteiger partial charge in [0.2, 0.25) is 0 Å². The third-order valence-corrected chi connectivity index (χ3v) is 3.54. The van der Waals surface area contributed by atoms with Gasteiger partial charge in [-0.25, -0.2) is 13.2 Å². The Balaban J connectivity index is 2.60. The lowest BCUT2D eigenvalue weighted by Crippen LogP contribution is -2.00. The van der Waals surface area contributed by atoms with Crippen molar-refractivity contribution in [2.45, 2.75) is 4.90 Å². The lowest BCUT2D eigenvalue weighted by Gasteiger charge is -1.97. The SMILES string of the molecule is COC(=O)c1cc2ccc(S(C)(=O)=O)cc2[nH]1. The number of H-pyrrole nitrogens is 1.